The monoisotopic (exact) mass is 278 g/mol. The van der Waals surface area contributed by atoms with Crippen molar-refractivity contribution < 1.29 is 9.84 Å². The van der Waals surface area contributed by atoms with Crippen molar-refractivity contribution in [3.63, 3.8) is 0 Å². The molecular weight excluding hydrogens is 263 g/mol. The molecule has 0 saturated carbocycles. The molecule has 0 amide bonds. The van der Waals surface area contributed by atoms with E-state index in [4.69, 9.17) is 27.9 Å². The van der Waals surface area contributed by atoms with Crippen molar-refractivity contribution in [1.29, 1.82) is 0 Å². The Labute approximate surface area is 111 Å². The maximum Gasteiger partial charge on any atom is 0.131 e. The number of nitrogens with zero attached hydrogens (tertiary/aromatic N) is 2. The zero-order valence-corrected chi connectivity index (χ0v) is 11.4. The Morgan fingerprint density at radius 1 is 1.41 bits per heavy atom. The Hall–Kier alpha value is -0.390. The molecule has 1 rings (SSSR count). The summed E-state index contributed by atoms with van der Waals surface area (Å²) in [6, 6.07) is 3.51. The fraction of sp³-hybridized carbons (Fsp3) is 0.545. The van der Waals surface area contributed by atoms with Crippen molar-refractivity contribution in [1.82, 2.24) is 9.88 Å². The SMILES string of the molecule is COC[C@H](O)CN(C)Cc1cc(Cl)nc(Cl)c1. The van der Waals surface area contributed by atoms with Crippen molar-refractivity contribution >= 4 is 23.2 Å². The molecule has 0 aliphatic carbocycles. The third-order valence-electron chi connectivity index (χ3n) is 2.16. The van der Waals surface area contributed by atoms with E-state index < -0.39 is 6.10 Å². The highest BCUT2D eigenvalue weighted by Crippen LogP contribution is 2.15. The normalized spacial score (nSPS) is 13.1. The van der Waals surface area contributed by atoms with Crippen LogP contribution in [0.2, 0.25) is 10.3 Å². The summed E-state index contributed by atoms with van der Waals surface area (Å²) in [5, 5.41) is 10.3. The van der Waals surface area contributed by atoms with E-state index >= 15 is 0 Å². The van der Waals surface area contributed by atoms with Crippen LogP contribution in [0.25, 0.3) is 0 Å². The molecule has 0 aliphatic rings. The summed E-state index contributed by atoms with van der Waals surface area (Å²) >= 11 is 11.6. The van der Waals surface area contributed by atoms with Gasteiger partial charge in [0.05, 0.1) is 12.7 Å². The number of aliphatic hydroxyl groups excluding tert-OH is 1. The van der Waals surface area contributed by atoms with Gasteiger partial charge in [0.2, 0.25) is 0 Å². The van der Waals surface area contributed by atoms with E-state index in [1.807, 2.05) is 11.9 Å². The molecule has 1 aromatic heterocycles. The van der Waals surface area contributed by atoms with E-state index in [0.717, 1.165) is 5.56 Å². The smallest absolute Gasteiger partial charge is 0.131 e. The molecule has 1 aromatic rings. The van der Waals surface area contributed by atoms with Crippen molar-refractivity contribution in [2.45, 2.75) is 12.6 Å². The van der Waals surface area contributed by atoms with Crippen LogP contribution in [-0.4, -0.2) is 48.4 Å². The van der Waals surface area contributed by atoms with Crippen LogP contribution in [0.5, 0.6) is 0 Å². The molecular formula is C11H16Cl2N2O2. The van der Waals surface area contributed by atoms with E-state index in [9.17, 15) is 5.11 Å². The van der Waals surface area contributed by atoms with Gasteiger partial charge in [0.1, 0.15) is 10.3 Å². The lowest BCUT2D eigenvalue weighted by Crippen LogP contribution is -2.31. The highest BCUT2D eigenvalue weighted by Gasteiger charge is 2.09. The molecule has 96 valence electrons. The van der Waals surface area contributed by atoms with Crippen LogP contribution in [0.4, 0.5) is 0 Å². The van der Waals surface area contributed by atoms with Crippen molar-refractivity contribution in [3.05, 3.63) is 28.0 Å². The number of halogens is 2. The summed E-state index contributed by atoms with van der Waals surface area (Å²) in [6.07, 6.45) is -0.502. The minimum absolute atomic E-state index is 0.322. The molecule has 0 fully saturated rings. The van der Waals surface area contributed by atoms with Gasteiger partial charge in [-0.15, -0.1) is 0 Å². The number of hydrogen-bond acceptors (Lipinski definition) is 4. The molecule has 1 N–H and O–H groups in total. The Morgan fingerprint density at radius 2 is 2.00 bits per heavy atom. The summed E-state index contributed by atoms with van der Waals surface area (Å²) in [7, 11) is 3.47. The van der Waals surface area contributed by atoms with Crippen molar-refractivity contribution in [2.24, 2.45) is 0 Å². The largest absolute Gasteiger partial charge is 0.389 e. The standard InChI is InChI=1S/C11H16Cl2N2O2/c1-15(6-9(16)7-17-2)5-8-3-10(12)14-11(13)4-8/h3-4,9,16H,5-7H2,1-2H3/t9-/m1/s1. The number of methoxy groups -OCH3 is 1. The topological polar surface area (TPSA) is 45.6 Å². The van der Waals surface area contributed by atoms with E-state index in [2.05, 4.69) is 4.98 Å². The van der Waals surface area contributed by atoms with Gasteiger partial charge in [0.15, 0.2) is 0 Å². The molecule has 0 unspecified atom stereocenters. The van der Waals surface area contributed by atoms with Gasteiger partial charge in [0.25, 0.3) is 0 Å². The van der Waals surface area contributed by atoms with Gasteiger partial charge < -0.3 is 9.84 Å². The molecule has 4 nitrogen and oxygen atoms in total. The second kappa shape index (κ2) is 7.13. The van der Waals surface area contributed by atoms with Crippen LogP contribution in [0, 0.1) is 0 Å². The number of pyridine rings is 1. The van der Waals surface area contributed by atoms with Crippen LogP contribution in [0.3, 0.4) is 0 Å². The minimum atomic E-state index is -0.502. The molecule has 17 heavy (non-hydrogen) atoms. The fourth-order valence-electron chi connectivity index (χ4n) is 1.59. The molecule has 0 spiro atoms. The number of likely N-dealkylation sites (N-methyl/N-ethyl adjacent to an activating group) is 1. The Bertz CT molecular complexity index is 343. The summed E-state index contributed by atoms with van der Waals surface area (Å²) in [6.45, 7) is 1.48. The average Bonchev–Trinajstić information content (AvgIpc) is 2.14. The van der Waals surface area contributed by atoms with E-state index in [0.29, 0.717) is 30.0 Å². The lowest BCUT2D eigenvalue weighted by molar-refractivity contribution is 0.0419. The molecule has 0 aliphatic heterocycles. The predicted octanol–water partition coefficient (Wildman–Crippen LogP) is 1.83. The number of hydrogen-bond donors (Lipinski definition) is 1. The lowest BCUT2D eigenvalue weighted by atomic mass is 10.2. The Balaban J connectivity index is 2.52. The molecule has 1 atom stereocenters. The zero-order chi connectivity index (χ0) is 12.8. The van der Waals surface area contributed by atoms with Gasteiger partial charge in [-0.05, 0) is 24.7 Å². The molecule has 1 heterocycles. The molecule has 6 heteroatoms. The van der Waals surface area contributed by atoms with Gasteiger partial charge in [0, 0.05) is 20.2 Å². The quantitative estimate of drug-likeness (QED) is 0.807. The number of aromatic nitrogens is 1. The van der Waals surface area contributed by atoms with Gasteiger partial charge in [-0.25, -0.2) is 4.98 Å². The maximum atomic E-state index is 9.58. The van der Waals surface area contributed by atoms with Crippen LogP contribution >= 0.6 is 23.2 Å². The van der Waals surface area contributed by atoms with Crippen LogP contribution in [0.15, 0.2) is 12.1 Å². The summed E-state index contributed by atoms with van der Waals surface area (Å²) < 4.78 is 4.86. The predicted molar refractivity (Wildman–Crippen MR) is 68.5 cm³/mol. The minimum Gasteiger partial charge on any atom is -0.389 e. The van der Waals surface area contributed by atoms with E-state index in [-0.39, 0.29) is 0 Å². The van der Waals surface area contributed by atoms with E-state index in [1.165, 1.54) is 0 Å². The van der Waals surface area contributed by atoms with Crippen LogP contribution < -0.4 is 0 Å². The number of aliphatic hydroxyl groups is 1. The first-order chi connectivity index (χ1) is 8.01. The van der Waals surface area contributed by atoms with Gasteiger partial charge in [-0.1, -0.05) is 23.2 Å². The third-order valence-corrected chi connectivity index (χ3v) is 2.54. The third kappa shape index (κ3) is 5.66. The van der Waals surface area contributed by atoms with Gasteiger partial charge in [-0.3, -0.25) is 4.90 Å². The molecule has 0 radical (unpaired) electrons. The van der Waals surface area contributed by atoms with Gasteiger partial charge >= 0.3 is 0 Å². The number of ether oxygens (including phenoxy) is 1. The van der Waals surface area contributed by atoms with Gasteiger partial charge in [-0.2, -0.15) is 0 Å². The first-order valence-corrected chi connectivity index (χ1v) is 5.94. The summed E-state index contributed by atoms with van der Waals surface area (Å²) in [5.41, 5.74) is 0.960. The van der Waals surface area contributed by atoms with E-state index in [1.54, 1.807) is 19.2 Å². The first kappa shape index (κ1) is 14.7. The zero-order valence-electron chi connectivity index (χ0n) is 9.86. The first-order valence-electron chi connectivity index (χ1n) is 5.18. The second-order valence-corrected chi connectivity index (χ2v) is 4.70. The van der Waals surface area contributed by atoms with Crippen molar-refractivity contribution in [2.75, 3.05) is 27.3 Å². The Morgan fingerprint density at radius 3 is 2.53 bits per heavy atom. The maximum absolute atomic E-state index is 9.58. The average molecular weight is 279 g/mol. The molecule has 0 saturated heterocycles. The summed E-state index contributed by atoms with van der Waals surface area (Å²) in [5.74, 6) is 0. The number of rotatable bonds is 6. The van der Waals surface area contributed by atoms with Crippen LogP contribution in [-0.2, 0) is 11.3 Å². The Kier molecular flexibility index (Phi) is 6.16. The van der Waals surface area contributed by atoms with Crippen molar-refractivity contribution in [3.8, 4) is 0 Å². The summed E-state index contributed by atoms with van der Waals surface area (Å²) in [4.78, 5) is 5.84. The molecule has 0 bridgehead atoms. The lowest BCUT2D eigenvalue weighted by Gasteiger charge is -2.20. The highest BCUT2D eigenvalue weighted by atomic mass is 35.5. The fourth-order valence-corrected chi connectivity index (χ4v) is 2.09. The molecule has 0 aromatic carbocycles. The van der Waals surface area contributed by atoms with Crippen LogP contribution in [0.1, 0.15) is 5.56 Å². The highest BCUT2D eigenvalue weighted by molar-refractivity contribution is 6.32. The second-order valence-electron chi connectivity index (χ2n) is 3.93.